The van der Waals surface area contributed by atoms with E-state index in [0.717, 1.165) is 0 Å². The van der Waals surface area contributed by atoms with Gasteiger partial charge in [0.1, 0.15) is 0 Å². The molecule has 16 heavy (non-hydrogen) atoms. The Balaban J connectivity index is -0.0000000135. The van der Waals surface area contributed by atoms with Gasteiger partial charge < -0.3 is 42.2 Å². The third-order valence-electron chi connectivity index (χ3n) is 0. The van der Waals surface area contributed by atoms with Crippen LogP contribution in [0.4, 0.5) is 0 Å². The molecule has 0 rings (SSSR count). The monoisotopic (exact) mass is 434 g/mol. The van der Waals surface area contributed by atoms with E-state index in [2.05, 4.69) is 0 Å². The van der Waals surface area contributed by atoms with Crippen LogP contribution in [-0.2, 0) is 78.8 Å². The van der Waals surface area contributed by atoms with E-state index in [0.29, 0.717) is 0 Å². The molecule has 0 atom stereocenters. The number of hydrogen-bond acceptors (Lipinski definition) is 9. The van der Waals surface area contributed by atoms with E-state index in [9.17, 15) is 0 Å². The fourth-order valence-electron chi connectivity index (χ4n) is 0. The normalized spacial score (nSPS) is 4.50. The van der Waals surface area contributed by atoms with Crippen LogP contribution >= 0.6 is 0 Å². The molecule has 16 heteroatoms. The first-order valence-corrected chi connectivity index (χ1v) is 5.51. The molecule has 82 valence electrons. The Morgan fingerprint density at radius 3 is 0.500 bits per heavy atom. The zero-order valence-corrected chi connectivity index (χ0v) is 15.9. The van der Waals surface area contributed by atoms with E-state index in [4.69, 9.17) is 42.2 Å². The Kier molecular flexibility index (Phi) is 98.0. The molecular weight excluding hydrogens is 434 g/mol. The van der Waals surface area contributed by atoms with E-state index in [1.165, 1.54) is 0 Å². The summed E-state index contributed by atoms with van der Waals surface area (Å²) in [5.74, 6) is 0. The van der Waals surface area contributed by atoms with Gasteiger partial charge in [0, 0.05) is 39.8 Å². The van der Waals surface area contributed by atoms with Gasteiger partial charge in [0.25, 0.3) is 0 Å². The predicted molar refractivity (Wildman–Crippen MR) is 23.6 cm³/mol. The predicted octanol–water partition coefficient (Wildman–Crippen LogP) is -9.60. The summed E-state index contributed by atoms with van der Waals surface area (Å²) in [4.78, 5) is 51.1. The summed E-state index contributed by atoms with van der Waals surface area (Å²) >= 11 is 0. The minimum atomic E-state index is -3.63. The van der Waals surface area contributed by atoms with Crippen LogP contribution in [0.5, 0.6) is 0 Å². The standard InChI is InChI=1S/2N.3O3Si.2Y/c;;3*1-4(2)3;;/q;;3*-2;2*+3. The molecule has 0 aromatic heterocycles. The summed E-state index contributed by atoms with van der Waals surface area (Å²) in [7, 11) is -10.9. The number of rotatable bonds is 0. The van der Waals surface area contributed by atoms with Gasteiger partial charge in [-0.05, 0) is 0 Å². The van der Waals surface area contributed by atoms with Gasteiger partial charge >= 0.3 is 65.4 Å². The third-order valence-corrected chi connectivity index (χ3v) is 0. The van der Waals surface area contributed by atoms with Crippen LogP contribution in [0.15, 0.2) is 0 Å². The van der Waals surface area contributed by atoms with Crippen LogP contribution in [-0.4, -0.2) is 27.5 Å². The van der Waals surface area contributed by atoms with Crippen molar-refractivity contribution >= 4 is 27.5 Å². The fraction of sp³-hybridized carbons (Fsp3) is 0. The van der Waals surface area contributed by atoms with Crippen LogP contribution in [0.3, 0.4) is 0 Å². The molecule has 0 bridgehead atoms. The van der Waals surface area contributed by atoms with Gasteiger partial charge in [-0.2, -0.15) is 0 Å². The summed E-state index contributed by atoms with van der Waals surface area (Å²) in [5, 5.41) is 0. The van der Waals surface area contributed by atoms with E-state index in [1.54, 1.807) is 0 Å². The molecule has 0 amide bonds. The molecular formula is N2O9Si3Y2. The second kappa shape index (κ2) is 36.0. The maximum Gasteiger partial charge on any atom is 3.00 e. The first-order valence-electron chi connectivity index (χ1n) is 1.84. The van der Waals surface area contributed by atoms with Gasteiger partial charge in [0.15, 0.2) is 0 Å². The number of hydrogen-bond donors (Lipinski definition) is 0. The van der Waals surface area contributed by atoms with Gasteiger partial charge in [0.05, 0.1) is 0 Å². The third kappa shape index (κ3) is 3060. The average molecular weight is 434 g/mol. The minimum absolute atomic E-state index is 0. The van der Waals surface area contributed by atoms with Crippen molar-refractivity contribution in [2.45, 2.75) is 0 Å². The largest absolute Gasteiger partial charge is 3.00 e. The summed E-state index contributed by atoms with van der Waals surface area (Å²) < 4.78 is 25.6. The van der Waals surface area contributed by atoms with Crippen molar-refractivity contribution < 1.29 is 108 Å². The van der Waals surface area contributed by atoms with Crippen LogP contribution in [0, 0.1) is 0 Å². The smallest absolute Gasteiger partial charge is 0.672 e. The topological polar surface area (TPSA) is 251 Å². The van der Waals surface area contributed by atoms with Gasteiger partial charge in [-0.25, -0.2) is 0 Å². The quantitative estimate of drug-likeness (QED) is 0.328. The Hall–Kier alpha value is 0.978. The van der Waals surface area contributed by atoms with Crippen LogP contribution in [0.2, 0.25) is 0 Å². The van der Waals surface area contributed by atoms with Crippen LogP contribution in [0.1, 0.15) is 0 Å². The maximum atomic E-state index is 8.52. The second-order valence-corrected chi connectivity index (χ2v) is 2.25. The number of nitrogens with zero attached hydrogens (tertiary/aromatic N) is 2. The van der Waals surface area contributed by atoms with Gasteiger partial charge in [-0.1, -0.05) is 0 Å². The molecule has 0 aliphatic carbocycles. The molecule has 0 saturated carbocycles. The van der Waals surface area contributed by atoms with Crippen molar-refractivity contribution in [3.63, 3.8) is 0 Å². The minimum Gasteiger partial charge on any atom is -0.672 e. The molecule has 0 aliphatic rings. The molecule has 0 saturated heterocycles. The molecule has 6 radical (unpaired) electrons. The fourth-order valence-corrected chi connectivity index (χ4v) is 0. The Bertz CT molecular complexity index is 124. The Morgan fingerprint density at radius 1 is 0.500 bits per heavy atom. The van der Waals surface area contributed by atoms with Crippen molar-refractivity contribution in [1.29, 1.82) is 0 Å². The summed E-state index contributed by atoms with van der Waals surface area (Å²) in [5.41, 5.74) is 0. The molecule has 0 aromatic carbocycles. The van der Waals surface area contributed by atoms with Crippen molar-refractivity contribution in [3.05, 3.63) is 0 Å². The van der Waals surface area contributed by atoms with Gasteiger partial charge in [-0.3, -0.25) is 0 Å². The summed E-state index contributed by atoms with van der Waals surface area (Å²) in [6.45, 7) is 0. The zero-order chi connectivity index (χ0) is 10.7. The summed E-state index contributed by atoms with van der Waals surface area (Å²) in [6, 6.07) is 0. The van der Waals surface area contributed by atoms with Crippen LogP contribution < -0.4 is 41.1 Å². The second-order valence-electron chi connectivity index (χ2n) is 0.750. The molecule has 0 aliphatic heterocycles. The van der Waals surface area contributed by atoms with Crippen molar-refractivity contribution in [1.82, 2.24) is 12.3 Å². The van der Waals surface area contributed by atoms with E-state index in [-0.39, 0.29) is 77.7 Å². The first kappa shape index (κ1) is 43.5. The van der Waals surface area contributed by atoms with Gasteiger partial charge in [0.2, 0.25) is 0 Å². The maximum absolute atomic E-state index is 8.52. The molecule has 0 spiro atoms. The average Bonchev–Trinajstić information content (AvgIpc) is 1.54. The van der Waals surface area contributed by atoms with E-state index < -0.39 is 27.5 Å². The van der Waals surface area contributed by atoms with E-state index in [1.807, 2.05) is 0 Å². The summed E-state index contributed by atoms with van der Waals surface area (Å²) in [6.07, 6.45) is 0. The van der Waals surface area contributed by atoms with Crippen molar-refractivity contribution in [2.24, 2.45) is 0 Å². The molecule has 11 nitrogen and oxygen atoms in total. The van der Waals surface area contributed by atoms with Crippen molar-refractivity contribution in [3.8, 4) is 0 Å². The Labute approximate surface area is 146 Å². The molecule has 0 fully saturated rings. The van der Waals surface area contributed by atoms with Gasteiger partial charge in [-0.15, -0.1) is 0 Å². The van der Waals surface area contributed by atoms with Crippen LogP contribution in [0.25, 0.3) is 0 Å². The zero-order valence-electron chi connectivity index (χ0n) is 7.22. The van der Waals surface area contributed by atoms with Crippen molar-refractivity contribution in [2.75, 3.05) is 0 Å². The van der Waals surface area contributed by atoms with E-state index >= 15 is 0 Å². The molecule has 0 N–H and O–H groups in total. The molecule has 0 unspecified atom stereocenters. The Morgan fingerprint density at radius 2 is 0.500 bits per heavy atom. The SMILES string of the molecule is O=[Si]([O-])[O-].O=[Si]([O-])[O-].O=[Si]([O-])[O-].[N].[N].[Y+3].[Y+3]. The molecule has 0 heterocycles. The first-order chi connectivity index (χ1) is 5.20. The molecule has 0 aromatic rings.